The molecule has 3 aromatic heterocycles. The molecule has 15 heteroatoms. The predicted molar refractivity (Wildman–Crippen MR) is 165 cm³/mol. The van der Waals surface area contributed by atoms with Crippen molar-refractivity contribution in [1.82, 2.24) is 25.2 Å². The first-order chi connectivity index (χ1) is 21.7. The Bertz CT molecular complexity index is 1890. The molecule has 232 valence electrons. The van der Waals surface area contributed by atoms with Gasteiger partial charge in [0.2, 0.25) is 5.88 Å². The van der Waals surface area contributed by atoms with Crippen LogP contribution < -0.4 is 20.7 Å². The molecule has 0 aliphatic carbocycles. The van der Waals surface area contributed by atoms with Crippen molar-refractivity contribution in [3.63, 3.8) is 0 Å². The van der Waals surface area contributed by atoms with E-state index in [2.05, 4.69) is 36.5 Å². The number of amides is 2. The number of nitrogens with one attached hydrogen (secondary N) is 1. The lowest BCUT2D eigenvalue weighted by Gasteiger charge is -2.40. The van der Waals surface area contributed by atoms with Crippen molar-refractivity contribution in [2.45, 2.75) is 18.1 Å². The van der Waals surface area contributed by atoms with Gasteiger partial charge < -0.3 is 35.3 Å². The number of anilines is 2. The molecule has 1 aliphatic heterocycles. The number of nitrogens with two attached hydrogens (primary N) is 1. The Kier molecular flexibility index (Phi) is 8.14. The summed E-state index contributed by atoms with van der Waals surface area (Å²) in [7, 11) is 1.51. The number of aromatic nitrogens is 4. The summed E-state index contributed by atoms with van der Waals surface area (Å²) in [6.07, 6.45) is 1.75. The Balaban J connectivity index is 1.30. The summed E-state index contributed by atoms with van der Waals surface area (Å²) < 4.78 is 18.7. The van der Waals surface area contributed by atoms with E-state index in [0.29, 0.717) is 38.4 Å². The molecular formula is C30H28BrN7O7. The van der Waals surface area contributed by atoms with E-state index in [1.54, 1.807) is 59.5 Å². The molecule has 0 radical (unpaired) electrons. The van der Waals surface area contributed by atoms with E-state index < -0.39 is 23.5 Å². The zero-order valence-electron chi connectivity index (χ0n) is 23.9. The highest BCUT2D eigenvalue weighted by molar-refractivity contribution is 9.10. The van der Waals surface area contributed by atoms with Crippen molar-refractivity contribution in [3.05, 3.63) is 82.6 Å². The average Bonchev–Trinajstić information content (AvgIpc) is 3.67. The Morgan fingerprint density at radius 1 is 1.24 bits per heavy atom. The van der Waals surface area contributed by atoms with Crippen LogP contribution >= 0.6 is 15.9 Å². The van der Waals surface area contributed by atoms with Gasteiger partial charge in [-0.05, 0) is 45.8 Å². The minimum Gasteiger partial charge on any atom is -0.507 e. The molecule has 2 amide bonds. The molecule has 2 atom stereocenters. The Labute approximate surface area is 264 Å². The van der Waals surface area contributed by atoms with Crippen molar-refractivity contribution >= 4 is 50.3 Å². The molecular weight excluding hydrogens is 650 g/mol. The topological polar surface area (TPSA) is 191 Å². The zero-order valence-corrected chi connectivity index (χ0v) is 25.5. The summed E-state index contributed by atoms with van der Waals surface area (Å²) in [5.41, 5.74) is 5.53. The summed E-state index contributed by atoms with van der Waals surface area (Å²) in [6, 6.07) is 14.5. The number of para-hydroxylation sites is 1. The van der Waals surface area contributed by atoms with Gasteiger partial charge in [0.25, 0.3) is 11.8 Å². The number of ether oxygens (including phenoxy) is 2. The molecule has 4 heterocycles. The number of halogens is 1. The minimum atomic E-state index is -1.95. The second-order valence-electron chi connectivity index (χ2n) is 10.4. The molecule has 0 saturated carbocycles. The van der Waals surface area contributed by atoms with Crippen LogP contribution in [0.5, 0.6) is 11.6 Å². The SMILES string of the molecule is COc1cc(-n2ccc(N3CCO[C@H](C(O)(CNC(=O)c4ccccc4O)Cc4ccc5c(N)noc5c4)C3=O)n2)c(Br)cn1. The van der Waals surface area contributed by atoms with E-state index in [4.69, 9.17) is 19.7 Å². The number of aromatic hydroxyl groups is 1. The van der Waals surface area contributed by atoms with Gasteiger partial charge in [-0.3, -0.25) is 14.5 Å². The standard InChI is InChI=1S/C30H28BrN7O7/c1-43-25-13-21(20(31)15-33-25)38-9-8-24(35-38)37-10-11-44-26(29(37)41)30(42,16-34-28(40)18-4-2-3-5-22(18)39)14-17-6-7-19-23(12-17)45-36-27(19)32/h2-9,12-13,15,26,39,42H,10-11,14,16H2,1H3,(H2,32,36)(H,34,40)/t26-,30?/m0/s1. The number of nitrogen functional groups attached to an aromatic ring is 1. The first kappa shape index (κ1) is 30.1. The molecule has 6 rings (SSSR count). The Hall–Kier alpha value is -4.99. The average molecular weight is 679 g/mol. The van der Waals surface area contributed by atoms with Crippen LogP contribution in [0.15, 0.2) is 76.0 Å². The second-order valence-corrected chi connectivity index (χ2v) is 11.3. The lowest BCUT2D eigenvalue weighted by Crippen LogP contribution is -2.63. The fraction of sp³-hybridized carbons (Fsp3) is 0.233. The number of hydrogen-bond donors (Lipinski definition) is 4. The van der Waals surface area contributed by atoms with Gasteiger partial charge in [0.15, 0.2) is 23.3 Å². The van der Waals surface area contributed by atoms with Crippen LogP contribution in [-0.2, 0) is 16.0 Å². The number of carbonyl (C=O) groups excluding carboxylic acids is 2. The van der Waals surface area contributed by atoms with E-state index in [1.165, 1.54) is 24.1 Å². The molecule has 1 aliphatic rings. The van der Waals surface area contributed by atoms with E-state index in [0.717, 1.165) is 0 Å². The lowest BCUT2D eigenvalue weighted by atomic mass is 9.86. The number of pyridine rings is 1. The van der Waals surface area contributed by atoms with Crippen molar-refractivity contribution < 1.29 is 33.8 Å². The van der Waals surface area contributed by atoms with Crippen LogP contribution in [0, 0.1) is 0 Å². The fourth-order valence-electron chi connectivity index (χ4n) is 5.19. The zero-order chi connectivity index (χ0) is 31.7. The van der Waals surface area contributed by atoms with Crippen LogP contribution in [0.2, 0.25) is 0 Å². The number of carbonyl (C=O) groups is 2. The number of nitrogens with zero attached hydrogens (tertiary/aromatic N) is 5. The highest BCUT2D eigenvalue weighted by Gasteiger charge is 2.47. The summed E-state index contributed by atoms with van der Waals surface area (Å²) in [5.74, 6) is -0.480. The van der Waals surface area contributed by atoms with Crippen molar-refractivity contribution in [3.8, 4) is 17.3 Å². The molecule has 14 nitrogen and oxygen atoms in total. The summed E-state index contributed by atoms with van der Waals surface area (Å²) >= 11 is 3.47. The number of rotatable bonds is 9. The van der Waals surface area contributed by atoms with Crippen LogP contribution in [-0.4, -0.2) is 80.5 Å². The molecule has 5 aromatic rings. The van der Waals surface area contributed by atoms with Crippen LogP contribution in [0.25, 0.3) is 16.7 Å². The molecule has 1 saturated heterocycles. The number of phenolic OH excluding ortho intramolecular Hbond substituents is 1. The predicted octanol–water partition coefficient (Wildman–Crippen LogP) is 2.60. The third-order valence-electron chi connectivity index (χ3n) is 7.47. The molecule has 5 N–H and O–H groups in total. The van der Waals surface area contributed by atoms with Gasteiger partial charge in [-0.25, -0.2) is 9.67 Å². The normalized spacial score (nSPS) is 16.5. The van der Waals surface area contributed by atoms with E-state index >= 15 is 0 Å². The van der Waals surface area contributed by atoms with Crippen molar-refractivity contribution in [1.29, 1.82) is 0 Å². The number of benzene rings is 2. The monoisotopic (exact) mass is 677 g/mol. The minimum absolute atomic E-state index is 0.0142. The first-order valence-corrected chi connectivity index (χ1v) is 14.6. The smallest absolute Gasteiger partial charge is 0.260 e. The highest BCUT2D eigenvalue weighted by Crippen LogP contribution is 2.30. The maximum absolute atomic E-state index is 14.0. The molecule has 1 fully saturated rings. The molecule has 2 aromatic carbocycles. The maximum Gasteiger partial charge on any atom is 0.260 e. The number of fused-ring (bicyclic) bond motifs is 1. The molecule has 1 unspecified atom stereocenters. The first-order valence-electron chi connectivity index (χ1n) is 13.8. The van der Waals surface area contributed by atoms with Crippen LogP contribution in [0.4, 0.5) is 11.6 Å². The number of phenols is 1. The van der Waals surface area contributed by atoms with E-state index in [9.17, 15) is 19.8 Å². The van der Waals surface area contributed by atoms with Gasteiger partial charge >= 0.3 is 0 Å². The van der Waals surface area contributed by atoms with Gasteiger partial charge in [-0.1, -0.05) is 23.4 Å². The van der Waals surface area contributed by atoms with Crippen molar-refractivity contribution in [2.24, 2.45) is 0 Å². The van der Waals surface area contributed by atoms with Gasteiger partial charge in [-0.2, -0.15) is 0 Å². The number of methoxy groups -OCH3 is 1. The summed E-state index contributed by atoms with van der Waals surface area (Å²) in [4.78, 5) is 32.6. The Morgan fingerprint density at radius 3 is 2.87 bits per heavy atom. The quantitative estimate of drug-likeness (QED) is 0.179. The van der Waals surface area contributed by atoms with Gasteiger partial charge in [-0.15, -0.1) is 5.10 Å². The van der Waals surface area contributed by atoms with Gasteiger partial charge in [0, 0.05) is 30.9 Å². The third-order valence-corrected chi connectivity index (χ3v) is 8.08. The van der Waals surface area contributed by atoms with Crippen molar-refractivity contribution in [2.75, 3.05) is 37.4 Å². The number of aliphatic hydroxyl groups is 1. The van der Waals surface area contributed by atoms with Crippen LogP contribution in [0.1, 0.15) is 15.9 Å². The fourth-order valence-corrected chi connectivity index (χ4v) is 5.59. The maximum atomic E-state index is 14.0. The highest BCUT2D eigenvalue weighted by atomic mass is 79.9. The van der Waals surface area contributed by atoms with E-state index in [1.807, 2.05) is 0 Å². The number of hydrogen-bond acceptors (Lipinski definition) is 11. The third kappa shape index (κ3) is 5.92. The largest absolute Gasteiger partial charge is 0.507 e. The molecule has 0 spiro atoms. The number of morpholine rings is 1. The Morgan fingerprint density at radius 2 is 2.07 bits per heavy atom. The van der Waals surface area contributed by atoms with E-state index in [-0.39, 0.29) is 43.2 Å². The molecule has 0 bridgehead atoms. The summed E-state index contributed by atoms with van der Waals surface area (Å²) in [5, 5.41) is 34.0. The van der Waals surface area contributed by atoms with Gasteiger partial charge in [0.05, 0.1) is 47.9 Å². The lowest BCUT2D eigenvalue weighted by molar-refractivity contribution is -0.157. The van der Waals surface area contributed by atoms with Crippen LogP contribution in [0.3, 0.4) is 0 Å². The second kappa shape index (κ2) is 12.2. The van der Waals surface area contributed by atoms with Gasteiger partial charge in [0.1, 0.15) is 11.4 Å². The summed E-state index contributed by atoms with van der Waals surface area (Å²) in [6.45, 7) is -0.126. The molecule has 45 heavy (non-hydrogen) atoms.